The van der Waals surface area contributed by atoms with Gasteiger partial charge in [-0.3, -0.25) is 4.79 Å². The summed E-state index contributed by atoms with van der Waals surface area (Å²) in [6.07, 6.45) is 0. The summed E-state index contributed by atoms with van der Waals surface area (Å²) in [7, 11) is 0. The van der Waals surface area contributed by atoms with Gasteiger partial charge in [0.15, 0.2) is 5.69 Å². The van der Waals surface area contributed by atoms with Crippen molar-refractivity contribution in [1.29, 1.82) is 0 Å². The van der Waals surface area contributed by atoms with Gasteiger partial charge in [-0.15, -0.1) is 10.2 Å². The maximum atomic E-state index is 13.3. The number of aromatic nitrogens is 3. The molecule has 7 nitrogen and oxygen atoms in total. The van der Waals surface area contributed by atoms with Gasteiger partial charge in [-0.2, -0.15) is 0 Å². The number of benzene rings is 3. The lowest BCUT2D eigenvalue weighted by atomic mass is 10.2. The molecule has 0 saturated heterocycles. The Labute approximate surface area is 171 Å². The van der Waals surface area contributed by atoms with Gasteiger partial charge in [-0.05, 0) is 42.8 Å². The third-order valence-corrected chi connectivity index (χ3v) is 4.92. The Morgan fingerprint density at radius 3 is 2.53 bits per heavy atom. The second kappa shape index (κ2) is 6.97. The number of hydrogen-bond acceptors (Lipinski definition) is 5. The van der Waals surface area contributed by atoms with Crippen LogP contribution in [0.2, 0.25) is 0 Å². The normalized spacial score (nSPS) is 11.6. The Balaban J connectivity index is 1.75. The van der Waals surface area contributed by atoms with Crippen LogP contribution >= 0.6 is 0 Å². The van der Waals surface area contributed by atoms with Crippen molar-refractivity contribution >= 4 is 33.4 Å². The summed E-state index contributed by atoms with van der Waals surface area (Å²) in [6.45, 7) is 1.95. The highest BCUT2D eigenvalue weighted by molar-refractivity contribution is 5.94. The number of hydrogen-bond donors (Lipinski definition) is 2. The standard InChI is InChI=1S/C23H17N5O2/c1-14-7-6-8-15(13-14)28-22(30)17-10-3-5-12-19(17)25-23(28)27-26-20-16-9-2-4-11-18(16)24-21(20)29/h2-13,24,29H,1H3. The Bertz CT molecular complexity index is 1500. The quantitative estimate of drug-likeness (QED) is 0.406. The number of nitrogens with zero attached hydrogens (tertiary/aromatic N) is 4. The first-order chi connectivity index (χ1) is 14.6. The number of aromatic amines is 1. The SMILES string of the molecule is Cc1cccc(-n2c(N=Nc3c(O)[nH]c4ccccc34)nc3ccccc3c2=O)c1. The lowest BCUT2D eigenvalue weighted by Crippen LogP contribution is -2.19. The zero-order valence-electron chi connectivity index (χ0n) is 16.1. The van der Waals surface area contributed by atoms with Gasteiger partial charge in [-0.1, -0.05) is 42.5 Å². The van der Waals surface area contributed by atoms with Gasteiger partial charge >= 0.3 is 0 Å². The van der Waals surface area contributed by atoms with Gasteiger partial charge in [-0.25, -0.2) is 9.55 Å². The van der Waals surface area contributed by atoms with Crippen molar-refractivity contribution in [3.05, 3.63) is 88.7 Å². The average Bonchev–Trinajstić information content (AvgIpc) is 3.07. The Hall–Kier alpha value is -4.26. The van der Waals surface area contributed by atoms with Crippen LogP contribution in [0.25, 0.3) is 27.5 Å². The van der Waals surface area contributed by atoms with Crippen molar-refractivity contribution in [2.45, 2.75) is 6.92 Å². The van der Waals surface area contributed by atoms with E-state index in [1.54, 1.807) is 18.2 Å². The van der Waals surface area contributed by atoms with Crippen LogP contribution in [0, 0.1) is 6.92 Å². The second-order valence-corrected chi connectivity index (χ2v) is 6.98. The second-order valence-electron chi connectivity index (χ2n) is 6.98. The molecule has 146 valence electrons. The predicted octanol–water partition coefficient (Wildman–Crippen LogP) is 5.30. The summed E-state index contributed by atoms with van der Waals surface area (Å²) in [6, 6.07) is 22.1. The van der Waals surface area contributed by atoms with Crippen LogP contribution in [0.1, 0.15) is 5.56 Å². The molecule has 0 aliphatic carbocycles. The molecule has 0 radical (unpaired) electrons. The summed E-state index contributed by atoms with van der Waals surface area (Å²) in [4.78, 5) is 20.7. The fourth-order valence-corrected chi connectivity index (χ4v) is 3.50. The van der Waals surface area contributed by atoms with E-state index in [1.165, 1.54) is 4.57 Å². The van der Waals surface area contributed by atoms with Gasteiger partial charge in [0.1, 0.15) is 0 Å². The smallest absolute Gasteiger partial charge is 0.267 e. The fourth-order valence-electron chi connectivity index (χ4n) is 3.50. The number of rotatable bonds is 3. The Morgan fingerprint density at radius 2 is 1.70 bits per heavy atom. The summed E-state index contributed by atoms with van der Waals surface area (Å²) >= 11 is 0. The molecule has 2 aromatic heterocycles. The molecule has 0 aliphatic heterocycles. The van der Waals surface area contributed by atoms with E-state index in [9.17, 15) is 9.90 Å². The minimum atomic E-state index is -0.233. The number of aromatic hydroxyl groups is 1. The van der Waals surface area contributed by atoms with Crippen molar-refractivity contribution < 1.29 is 5.11 Å². The number of H-pyrrole nitrogens is 1. The number of fused-ring (bicyclic) bond motifs is 2. The first-order valence-corrected chi connectivity index (χ1v) is 9.42. The highest BCUT2D eigenvalue weighted by Crippen LogP contribution is 2.36. The summed E-state index contributed by atoms with van der Waals surface area (Å²) in [5.41, 5.74) is 2.99. The fraction of sp³-hybridized carbons (Fsp3) is 0.0435. The molecule has 0 aliphatic rings. The monoisotopic (exact) mass is 395 g/mol. The lowest BCUT2D eigenvalue weighted by Gasteiger charge is -2.10. The molecule has 30 heavy (non-hydrogen) atoms. The van der Waals surface area contributed by atoms with E-state index >= 15 is 0 Å². The van der Waals surface area contributed by atoms with E-state index in [0.29, 0.717) is 22.3 Å². The number of azo groups is 1. The van der Waals surface area contributed by atoms with E-state index in [4.69, 9.17) is 0 Å². The zero-order chi connectivity index (χ0) is 20.7. The van der Waals surface area contributed by atoms with Gasteiger partial charge in [0.05, 0.1) is 22.1 Å². The Morgan fingerprint density at radius 1 is 0.933 bits per heavy atom. The molecule has 0 spiro atoms. The molecule has 0 atom stereocenters. The van der Waals surface area contributed by atoms with Gasteiger partial charge in [0, 0.05) is 5.39 Å². The van der Waals surface area contributed by atoms with Crippen LogP contribution in [0.5, 0.6) is 5.88 Å². The molecule has 0 unspecified atom stereocenters. The molecule has 2 heterocycles. The molecule has 0 saturated carbocycles. The first-order valence-electron chi connectivity index (χ1n) is 9.42. The number of aryl methyl sites for hydroxylation is 1. The molecule has 7 heteroatoms. The van der Waals surface area contributed by atoms with Crippen LogP contribution < -0.4 is 5.56 Å². The molecule has 2 N–H and O–H groups in total. The minimum absolute atomic E-state index is 0.0924. The average molecular weight is 395 g/mol. The molecule has 0 fully saturated rings. The highest BCUT2D eigenvalue weighted by Gasteiger charge is 2.14. The first kappa shape index (κ1) is 17.8. The lowest BCUT2D eigenvalue weighted by molar-refractivity contribution is 0.459. The molecule has 5 rings (SSSR count). The van der Waals surface area contributed by atoms with Crippen molar-refractivity contribution in [3.63, 3.8) is 0 Å². The maximum absolute atomic E-state index is 13.3. The van der Waals surface area contributed by atoms with Crippen LogP contribution in [0.15, 0.2) is 87.8 Å². The van der Waals surface area contributed by atoms with Crippen molar-refractivity contribution in [2.75, 3.05) is 0 Å². The largest absolute Gasteiger partial charge is 0.493 e. The van der Waals surface area contributed by atoms with Gasteiger partial charge < -0.3 is 10.1 Å². The van der Waals surface area contributed by atoms with Crippen molar-refractivity contribution in [1.82, 2.24) is 14.5 Å². The van der Waals surface area contributed by atoms with Crippen molar-refractivity contribution in [3.8, 4) is 11.6 Å². The van der Waals surface area contributed by atoms with E-state index in [-0.39, 0.29) is 17.4 Å². The summed E-state index contributed by atoms with van der Waals surface area (Å²) in [5.74, 6) is 0.0409. The molecule has 0 bridgehead atoms. The third kappa shape index (κ3) is 2.93. The number of nitrogens with one attached hydrogen (secondary N) is 1. The minimum Gasteiger partial charge on any atom is -0.493 e. The summed E-state index contributed by atoms with van der Waals surface area (Å²) in [5, 5.41) is 20.0. The van der Waals surface area contributed by atoms with E-state index in [1.807, 2.05) is 61.5 Å². The molecule has 3 aromatic carbocycles. The van der Waals surface area contributed by atoms with Gasteiger partial charge in [0.2, 0.25) is 5.88 Å². The topological polar surface area (TPSA) is 95.6 Å². The molecular formula is C23H17N5O2. The Kier molecular flexibility index (Phi) is 4.14. The maximum Gasteiger partial charge on any atom is 0.267 e. The van der Waals surface area contributed by atoms with Crippen LogP contribution in [-0.2, 0) is 0 Å². The zero-order valence-corrected chi connectivity index (χ0v) is 16.1. The molecular weight excluding hydrogens is 378 g/mol. The third-order valence-electron chi connectivity index (χ3n) is 4.92. The van der Waals surface area contributed by atoms with Gasteiger partial charge in [0.25, 0.3) is 11.5 Å². The van der Waals surface area contributed by atoms with Crippen LogP contribution in [0.3, 0.4) is 0 Å². The van der Waals surface area contributed by atoms with Crippen LogP contribution in [0.4, 0.5) is 11.6 Å². The van der Waals surface area contributed by atoms with E-state index < -0.39 is 0 Å². The predicted molar refractivity (Wildman–Crippen MR) is 116 cm³/mol. The van der Waals surface area contributed by atoms with E-state index in [2.05, 4.69) is 20.2 Å². The highest BCUT2D eigenvalue weighted by atomic mass is 16.3. The van der Waals surface area contributed by atoms with Crippen LogP contribution in [-0.4, -0.2) is 19.6 Å². The van der Waals surface area contributed by atoms with E-state index in [0.717, 1.165) is 16.5 Å². The van der Waals surface area contributed by atoms with Crippen molar-refractivity contribution in [2.24, 2.45) is 10.2 Å². The molecule has 5 aromatic rings. The summed E-state index contributed by atoms with van der Waals surface area (Å²) < 4.78 is 1.44. The molecule has 0 amide bonds. The number of para-hydroxylation sites is 2.